The van der Waals surface area contributed by atoms with Crippen LogP contribution in [0.25, 0.3) is 0 Å². The number of likely N-dealkylation sites (tertiary alicyclic amines) is 1. The van der Waals surface area contributed by atoms with Gasteiger partial charge < -0.3 is 29.3 Å². The zero-order chi connectivity index (χ0) is 34.1. The largest absolute Gasteiger partial charge is 0.494 e. The number of carbonyl (C=O) groups is 3. The van der Waals surface area contributed by atoms with Crippen molar-refractivity contribution in [2.75, 3.05) is 31.2 Å². The lowest BCUT2D eigenvalue weighted by molar-refractivity contribution is -0.157. The fraction of sp³-hybridized carbons (Fsp3) is 0.500. The van der Waals surface area contributed by atoms with Crippen LogP contribution in [0.15, 0.2) is 79.9 Å². The molecule has 9 nitrogen and oxygen atoms in total. The van der Waals surface area contributed by atoms with Crippen molar-refractivity contribution in [1.82, 2.24) is 9.80 Å². The first kappa shape index (κ1) is 34.4. The molecule has 5 rings (SSSR count). The van der Waals surface area contributed by atoms with E-state index in [9.17, 15) is 19.5 Å². The van der Waals surface area contributed by atoms with Gasteiger partial charge in [0.2, 0.25) is 17.7 Å². The summed E-state index contributed by atoms with van der Waals surface area (Å²) in [4.78, 5) is 49.5. The lowest BCUT2D eigenvalue weighted by Gasteiger charge is -2.43. The summed E-state index contributed by atoms with van der Waals surface area (Å²) in [6, 6.07) is 15.2. The molecule has 2 unspecified atom stereocenters. The molecular formula is C38H49N3O6. The summed E-state index contributed by atoms with van der Waals surface area (Å²) in [6.45, 7) is 18.1. The molecule has 0 radical (unpaired) electrons. The number of aliphatic hydroxyl groups excluding tert-OH is 1. The van der Waals surface area contributed by atoms with Crippen molar-refractivity contribution in [3.8, 4) is 5.75 Å². The highest BCUT2D eigenvalue weighted by atomic mass is 16.5. The highest BCUT2D eigenvalue weighted by Gasteiger charge is 2.79. The molecule has 3 aliphatic rings. The Balaban J connectivity index is 1.61. The van der Waals surface area contributed by atoms with Gasteiger partial charge in [-0.1, -0.05) is 42.5 Å². The molecule has 3 amide bonds. The van der Waals surface area contributed by atoms with E-state index in [-0.39, 0.29) is 37.4 Å². The van der Waals surface area contributed by atoms with Crippen molar-refractivity contribution in [1.29, 1.82) is 0 Å². The quantitative estimate of drug-likeness (QED) is 0.316. The van der Waals surface area contributed by atoms with Crippen molar-refractivity contribution >= 4 is 23.4 Å². The van der Waals surface area contributed by atoms with Crippen molar-refractivity contribution in [2.24, 2.45) is 11.8 Å². The Morgan fingerprint density at radius 1 is 1.06 bits per heavy atom. The smallest absolute Gasteiger partial charge is 0.249 e. The summed E-state index contributed by atoms with van der Waals surface area (Å²) in [5.74, 6) is -1.94. The molecule has 3 heterocycles. The maximum absolute atomic E-state index is 14.9. The molecule has 0 aliphatic carbocycles. The van der Waals surface area contributed by atoms with Crippen LogP contribution >= 0.6 is 0 Å². The van der Waals surface area contributed by atoms with Crippen LogP contribution in [0.3, 0.4) is 0 Å². The van der Waals surface area contributed by atoms with Gasteiger partial charge in [-0.2, -0.15) is 0 Å². The molecule has 2 aromatic carbocycles. The van der Waals surface area contributed by atoms with Crippen LogP contribution in [0.2, 0.25) is 0 Å². The average molecular weight is 644 g/mol. The second kappa shape index (κ2) is 13.3. The number of rotatable bonds is 13. The van der Waals surface area contributed by atoms with Crippen molar-refractivity contribution in [3.63, 3.8) is 0 Å². The van der Waals surface area contributed by atoms with Crippen LogP contribution in [0.1, 0.15) is 53.0 Å². The monoisotopic (exact) mass is 643 g/mol. The lowest BCUT2D eigenvalue weighted by atomic mass is 9.66. The molecule has 3 aliphatic heterocycles. The summed E-state index contributed by atoms with van der Waals surface area (Å²) in [6.07, 6.45) is 4.63. The van der Waals surface area contributed by atoms with E-state index in [0.29, 0.717) is 37.3 Å². The van der Waals surface area contributed by atoms with Gasteiger partial charge in [-0.15, -0.1) is 13.2 Å². The topological polar surface area (TPSA) is 99.6 Å². The number of hydrogen-bond donors (Lipinski definition) is 1. The average Bonchev–Trinajstić information content (AvgIpc) is 3.62. The minimum absolute atomic E-state index is 0.226. The molecule has 1 spiro atoms. The van der Waals surface area contributed by atoms with Gasteiger partial charge in [-0.3, -0.25) is 14.4 Å². The number of hydrogen-bond acceptors (Lipinski definition) is 6. The third-order valence-corrected chi connectivity index (χ3v) is 10.1. The Bertz CT molecular complexity index is 1490. The van der Waals surface area contributed by atoms with E-state index in [1.165, 1.54) is 0 Å². The zero-order valence-corrected chi connectivity index (χ0v) is 28.4. The van der Waals surface area contributed by atoms with Gasteiger partial charge in [0.05, 0.1) is 36.7 Å². The van der Waals surface area contributed by atoms with Crippen LogP contribution in [-0.4, -0.2) is 87.8 Å². The fourth-order valence-corrected chi connectivity index (χ4v) is 8.03. The molecule has 9 heteroatoms. The van der Waals surface area contributed by atoms with Gasteiger partial charge in [0.15, 0.2) is 0 Å². The maximum atomic E-state index is 14.9. The van der Waals surface area contributed by atoms with E-state index >= 15 is 0 Å². The molecule has 3 fully saturated rings. The lowest BCUT2D eigenvalue weighted by Crippen LogP contribution is -2.62. The number of fused-ring (bicyclic) bond motifs is 1. The zero-order valence-electron chi connectivity index (χ0n) is 28.4. The molecule has 0 aromatic heterocycles. The van der Waals surface area contributed by atoms with Crippen LogP contribution in [0, 0.1) is 11.8 Å². The normalized spacial score (nSPS) is 26.9. The Morgan fingerprint density at radius 2 is 1.72 bits per heavy atom. The first-order chi connectivity index (χ1) is 22.4. The van der Waals surface area contributed by atoms with E-state index in [2.05, 4.69) is 13.2 Å². The van der Waals surface area contributed by atoms with Gasteiger partial charge in [-0.25, -0.2) is 0 Å². The van der Waals surface area contributed by atoms with Crippen molar-refractivity contribution < 1.29 is 29.0 Å². The number of ether oxygens (including phenoxy) is 2. The molecule has 1 N–H and O–H groups in total. The second-order valence-corrected chi connectivity index (χ2v) is 14.1. The van der Waals surface area contributed by atoms with Crippen LogP contribution in [0.4, 0.5) is 5.69 Å². The Labute approximate surface area is 278 Å². The van der Waals surface area contributed by atoms with Crippen LogP contribution in [0.5, 0.6) is 5.75 Å². The molecular weight excluding hydrogens is 594 g/mol. The highest BCUT2D eigenvalue weighted by Crippen LogP contribution is 2.64. The summed E-state index contributed by atoms with van der Waals surface area (Å²) in [7, 11) is 0. The van der Waals surface area contributed by atoms with Crippen LogP contribution < -0.4 is 9.64 Å². The van der Waals surface area contributed by atoms with E-state index in [0.717, 1.165) is 5.56 Å². The fourth-order valence-electron chi connectivity index (χ4n) is 8.03. The Morgan fingerprint density at radius 3 is 2.30 bits per heavy atom. The number of amides is 3. The number of benzene rings is 2. The predicted molar refractivity (Wildman–Crippen MR) is 182 cm³/mol. The van der Waals surface area contributed by atoms with Gasteiger partial charge in [0, 0.05) is 24.3 Å². The minimum atomic E-state index is -1.24. The molecule has 252 valence electrons. The van der Waals surface area contributed by atoms with Gasteiger partial charge in [0.1, 0.15) is 17.4 Å². The number of nitrogens with zero attached hydrogens (tertiary/aromatic N) is 3. The Kier molecular flexibility index (Phi) is 9.71. The van der Waals surface area contributed by atoms with E-state index < -0.39 is 40.7 Å². The molecule has 2 bridgehead atoms. The third kappa shape index (κ3) is 6.00. The Hall–Kier alpha value is -3.95. The van der Waals surface area contributed by atoms with Crippen LogP contribution in [-0.2, 0) is 25.5 Å². The highest BCUT2D eigenvalue weighted by molar-refractivity contribution is 6.03. The number of anilines is 1. The van der Waals surface area contributed by atoms with E-state index in [1.807, 2.05) is 89.2 Å². The minimum Gasteiger partial charge on any atom is -0.494 e. The first-order valence-corrected chi connectivity index (χ1v) is 16.6. The van der Waals surface area contributed by atoms with Gasteiger partial charge in [0.25, 0.3) is 0 Å². The van der Waals surface area contributed by atoms with Crippen molar-refractivity contribution in [3.05, 3.63) is 85.5 Å². The molecule has 0 saturated carbocycles. The summed E-state index contributed by atoms with van der Waals surface area (Å²) in [5.41, 5.74) is -1.22. The molecule has 47 heavy (non-hydrogen) atoms. The number of carbonyl (C=O) groups excluding carboxylic acids is 3. The van der Waals surface area contributed by atoms with E-state index in [1.54, 1.807) is 26.9 Å². The van der Waals surface area contributed by atoms with Crippen molar-refractivity contribution in [2.45, 2.75) is 82.7 Å². The first-order valence-electron chi connectivity index (χ1n) is 16.6. The summed E-state index contributed by atoms with van der Waals surface area (Å²) >= 11 is 0. The molecule has 6 atom stereocenters. The maximum Gasteiger partial charge on any atom is 0.249 e. The molecule has 3 saturated heterocycles. The number of aliphatic hydroxyl groups is 1. The standard InChI is InChI=1S/C38H49N3O6/c1-8-22-39(27-16-18-29(19-17-27)46-10-3)33(43)30-31-34(44)41(28(25-42)24-26-14-12-11-13-15-26)32(38(31)21-20-37(30,7)47-38)35(45)40(23-9-2)36(4,5)6/h8-9,11-19,28,30-32,42H,1-2,10,20-25H2,3-7H3/t28-,30+,31+,32?,37-,38?/m1/s1. The van der Waals surface area contributed by atoms with Gasteiger partial charge in [-0.05, 0) is 83.7 Å². The molecule has 2 aromatic rings. The SMILES string of the molecule is C=CCN(C(=O)[C@@H]1[C@H]2C(=O)N([C@@H](CO)Cc3ccccc3)C(C(=O)N(CC=C)C(C)(C)C)C23CC[C@@]1(C)O3)c1ccc(OCC)cc1. The predicted octanol–water partition coefficient (Wildman–Crippen LogP) is 4.79. The second-order valence-electron chi connectivity index (χ2n) is 14.1. The summed E-state index contributed by atoms with van der Waals surface area (Å²) in [5, 5.41) is 10.8. The third-order valence-electron chi connectivity index (χ3n) is 10.1. The summed E-state index contributed by atoms with van der Waals surface area (Å²) < 4.78 is 12.5. The van der Waals surface area contributed by atoms with Gasteiger partial charge >= 0.3 is 0 Å². The van der Waals surface area contributed by atoms with E-state index in [4.69, 9.17) is 9.47 Å².